The van der Waals surface area contributed by atoms with Crippen molar-refractivity contribution >= 4 is 5.91 Å². The third-order valence-electron chi connectivity index (χ3n) is 2.76. The van der Waals surface area contributed by atoms with Gasteiger partial charge in [-0.3, -0.25) is 4.79 Å². The molecule has 1 N–H and O–H groups in total. The zero-order valence-electron chi connectivity index (χ0n) is 9.38. The molecule has 1 amide bonds. The van der Waals surface area contributed by atoms with Gasteiger partial charge in [-0.1, -0.05) is 13.8 Å². The highest BCUT2D eigenvalue weighted by atomic mass is 16.2. The summed E-state index contributed by atoms with van der Waals surface area (Å²) >= 11 is 0. The van der Waals surface area contributed by atoms with Crippen LogP contribution in [0.4, 0.5) is 0 Å². The van der Waals surface area contributed by atoms with Gasteiger partial charge in [-0.2, -0.15) is 0 Å². The van der Waals surface area contributed by atoms with Gasteiger partial charge in [-0.25, -0.2) is 0 Å². The highest BCUT2D eigenvalue weighted by Gasteiger charge is 2.21. The first-order valence-electron chi connectivity index (χ1n) is 5.79. The second-order valence-corrected chi connectivity index (χ2v) is 3.99. The van der Waals surface area contributed by atoms with E-state index in [1.165, 1.54) is 6.42 Å². The van der Waals surface area contributed by atoms with Gasteiger partial charge in [-0.15, -0.1) is 0 Å². The molecule has 0 aromatic carbocycles. The Hall–Kier alpha value is -0.570. The molecule has 1 aliphatic heterocycles. The first-order chi connectivity index (χ1) is 6.77. The van der Waals surface area contributed by atoms with Gasteiger partial charge < -0.3 is 10.2 Å². The molecule has 1 atom stereocenters. The molecule has 0 radical (unpaired) electrons. The Bertz CT molecular complexity index is 182. The van der Waals surface area contributed by atoms with Crippen molar-refractivity contribution in [2.75, 3.05) is 19.6 Å². The number of hydrogen-bond acceptors (Lipinski definition) is 2. The molecule has 1 unspecified atom stereocenters. The number of carbonyl (C=O) groups is 1. The predicted octanol–water partition coefficient (Wildman–Crippen LogP) is 1.39. The number of carbonyl (C=O) groups excluding carboxylic acids is 1. The summed E-state index contributed by atoms with van der Waals surface area (Å²) in [6.45, 7) is 7.04. The number of amides is 1. The number of likely N-dealkylation sites (tertiary alicyclic amines) is 1. The number of piperidine rings is 1. The minimum atomic E-state index is 0.299. The van der Waals surface area contributed by atoms with E-state index < -0.39 is 0 Å². The molecule has 0 aliphatic carbocycles. The molecule has 1 heterocycles. The molecule has 0 aromatic rings. The fourth-order valence-electron chi connectivity index (χ4n) is 1.94. The zero-order chi connectivity index (χ0) is 10.4. The summed E-state index contributed by atoms with van der Waals surface area (Å²) in [5.74, 6) is 0.299. The van der Waals surface area contributed by atoms with Gasteiger partial charge in [0.05, 0.1) is 0 Å². The molecule has 1 rings (SSSR count). The van der Waals surface area contributed by atoms with E-state index in [0.717, 1.165) is 32.5 Å². The first kappa shape index (κ1) is 11.5. The fraction of sp³-hybridized carbons (Fsp3) is 0.909. The number of hydrogen-bond donors (Lipinski definition) is 1. The van der Waals surface area contributed by atoms with Crippen molar-refractivity contribution in [2.24, 2.45) is 0 Å². The second-order valence-electron chi connectivity index (χ2n) is 3.99. The van der Waals surface area contributed by atoms with Crippen molar-refractivity contribution in [3.05, 3.63) is 0 Å². The van der Waals surface area contributed by atoms with Crippen LogP contribution < -0.4 is 5.32 Å². The average molecular weight is 198 g/mol. The number of rotatable bonds is 4. The van der Waals surface area contributed by atoms with Gasteiger partial charge >= 0.3 is 0 Å². The Balaban J connectivity index is 2.31. The molecule has 3 nitrogen and oxygen atoms in total. The Kier molecular flexibility index (Phi) is 4.94. The summed E-state index contributed by atoms with van der Waals surface area (Å²) in [4.78, 5) is 13.5. The van der Waals surface area contributed by atoms with Crippen molar-refractivity contribution in [2.45, 2.75) is 45.6 Å². The maximum absolute atomic E-state index is 11.5. The third kappa shape index (κ3) is 3.29. The molecule has 1 saturated heterocycles. The quantitative estimate of drug-likeness (QED) is 0.740. The molecule has 0 aromatic heterocycles. The third-order valence-corrected chi connectivity index (χ3v) is 2.76. The van der Waals surface area contributed by atoms with Gasteiger partial charge in [0, 0.05) is 25.6 Å². The summed E-state index contributed by atoms with van der Waals surface area (Å²) in [6, 6.07) is 0.527. The topological polar surface area (TPSA) is 32.3 Å². The SMILES string of the molecule is CCCNC1CCCN(C(=O)CC)C1. The van der Waals surface area contributed by atoms with E-state index in [1.807, 2.05) is 11.8 Å². The van der Waals surface area contributed by atoms with E-state index in [0.29, 0.717) is 18.4 Å². The molecule has 1 aliphatic rings. The lowest BCUT2D eigenvalue weighted by Gasteiger charge is -2.33. The summed E-state index contributed by atoms with van der Waals surface area (Å²) < 4.78 is 0. The molecule has 3 heteroatoms. The molecule has 82 valence electrons. The van der Waals surface area contributed by atoms with Crippen molar-refractivity contribution in [3.8, 4) is 0 Å². The predicted molar refractivity (Wildman–Crippen MR) is 58.2 cm³/mol. The van der Waals surface area contributed by atoms with Gasteiger partial charge in [0.25, 0.3) is 0 Å². The molecular formula is C11H22N2O. The second kappa shape index (κ2) is 6.02. The Labute approximate surface area is 86.9 Å². The number of nitrogens with one attached hydrogen (secondary N) is 1. The molecule has 1 fully saturated rings. The Morgan fingerprint density at radius 3 is 2.93 bits per heavy atom. The highest BCUT2D eigenvalue weighted by Crippen LogP contribution is 2.10. The summed E-state index contributed by atoms with van der Waals surface area (Å²) in [5, 5.41) is 3.49. The standard InChI is InChI=1S/C11H22N2O/c1-3-7-12-10-6-5-8-13(9-10)11(14)4-2/h10,12H,3-9H2,1-2H3. The van der Waals surface area contributed by atoms with E-state index in [1.54, 1.807) is 0 Å². The normalized spacial score (nSPS) is 22.4. The van der Waals surface area contributed by atoms with Crippen LogP contribution in [0.2, 0.25) is 0 Å². The maximum atomic E-state index is 11.5. The van der Waals surface area contributed by atoms with Crippen molar-refractivity contribution in [1.82, 2.24) is 10.2 Å². The maximum Gasteiger partial charge on any atom is 0.222 e. The van der Waals surface area contributed by atoms with Crippen LogP contribution >= 0.6 is 0 Å². The minimum absolute atomic E-state index is 0.299. The fourth-order valence-corrected chi connectivity index (χ4v) is 1.94. The van der Waals surface area contributed by atoms with Gasteiger partial charge in [0.2, 0.25) is 5.91 Å². The largest absolute Gasteiger partial charge is 0.341 e. The van der Waals surface area contributed by atoms with Crippen molar-refractivity contribution < 1.29 is 4.79 Å². The molecule has 0 saturated carbocycles. The monoisotopic (exact) mass is 198 g/mol. The number of nitrogens with zero attached hydrogens (tertiary/aromatic N) is 1. The van der Waals surface area contributed by atoms with Gasteiger partial charge in [0.15, 0.2) is 0 Å². The summed E-state index contributed by atoms with van der Waals surface area (Å²) in [5.41, 5.74) is 0. The average Bonchev–Trinajstić information content (AvgIpc) is 2.25. The summed E-state index contributed by atoms with van der Waals surface area (Å²) in [6.07, 6.45) is 4.17. The van der Waals surface area contributed by atoms with E-state index in [2.05, 4.69) is 12.2 Å². The first-order valence-corrected chi connectivity index (χ1v) is 5.79. The van der Waals surface area contributed by atoms with Crippen LogP contribution in [0.15, 0.2) is 0 Å². The van der Waals surface area contributed by atoms with Crippen LogP contribution in [0.25, 0.3) is 0 Å². The van der Waals surface area contributed by atoms with Crippen molar-refractivity contribution in [3.63, 3.8) is 0 Å². The van der Waals surface area contributed by atoms with E-state index in [4.69, 9.17) is 0 Å². The van der Waals surface area contributed by atoms with Crippen LogP contribution in [0.5, 0.6) is 0 Å². The lowest BCUT2D eigenvalue weighted by molar-refractivity contribution is -0.132. The van der Waals surface area contributed by atoms with Crippen LogP contribution in [0, 0.1) is 0 Å². The van der Waals surface area contributed by atoms with E-state index in [9.17, 15) is 4.79 Å². The lowest BCUT2D eigenvalue weighted by Crippen LogP contribution is -2.47. The van der Waals surface area contributed by atoms with E-state index in [-0.39, 0.29) is 0 Å². The van der Waals surface area contributed by atoms with Crippen LogP contribution in [-0.2, 0) is 4.79 Å². The minimum Gasteiger partial charge on any atom is -0.341 e. The van der Waals surface area contributed by atoms with Crippen LogP contribution in [0.3, 0.4) is 0 Å². The highest BCUT2D eigenvalue weighted by molar-refractivity contribution is 5.75. The van der Waals surface area contributed by atoms with Crippen molar-refractivity contribution in [1.29, 1.82) is 0 Å². The Morgan fingerprint density at radius 2 is 2.29 bits per heavy atom. The Morgan fingerprint density at radius 1 is 1.50 bits per heavy atom. The molecule has 14 heavy (non-hydrogen) atoms. The lowest BCUT2D eigenvalue weighted by atomic mass is 10.1. The molecular weight excluding hydrogens is 176 g/mol. The molecule has 0 bridgehead atoms. The van der Waals surface area contributed by atoms with Gasteiger partial charge in [0.1, 0.15) is 0 Å². The van der Waals surface area contributed by atoms with Crippen LogP contribution in [0.1, 0.15) is 39.5 Å². The van der Waals surface area contributed by atoms with E-state index >= 15 is 0 Å². The zero-order valence-corrected chi connectivity index (χ0v) is 9.38. The summed E-state index contributed by atoms with van der Waals surface area (Å²) in [7, 11) is 0. The van der Waals surface area contributed by atoms with Crippen LogP contribution in [-0.4, -0.2) is 36.5 Å². The smallest absolute Gasteiger partial charge is 0.222 e. The van der Waals surface area contributed by atoms with Gasteiger partial charge in [-0.05, 0) is 25.8 Å². The molecule has 0 spiro atoms.